The van der Waals surface area contributed by atoms with Crippen LogP contribution in [0.15, 0.2) is 23.1 Å². The predicted octanol–water partition coefficient (Wildman–Crippen LogP) is 5.28. The molecular weight excluding hydrogens is 325 g/mol. The van der Waals surface area contributed by atoms with Gasteiger partial charge in [-0.1, -0.05) is 27.5 Å². The van der Waals surface area contributed by atoms with Crippen LogP contribution in [0, 0.1) is 0 Å². The normalized spacial score (nSPS) is 11.8. The molecule has 0 aliphatic carbocycles. The highest BCUT2D eigenvalue weighted by molar-refractivity contribution is 9.09. The summed E-state index contributed by atoms with van der Waals surface area (Å²) in [5.41, 5.74) is -3.61. The Morgan fingerprint density at radius 1 is 1.31 bits per heavy atom. The molecule has 16 heavy (non-hydrogen) atoms. The first-order chi connectivity index (χ1) is 7.42. The van der Waals surface area contributed by atoms with E-state index >= 15 is 0 Å². The second-order valence-corrected chi connectivity index (χ2v) is 5.43. The molecule has 0 aliphatic heterocycles. The van der Waals surface area contributed by atoms with Gasteiger partial charge in [0, 0.05) is 15.2 Å². The van der Waals surface area contributed by atoms with Crippen LogP contribution >= 0.6 is 39.3 Å². The van der Waals surface area contributed by atoms with Gasteiger partial charge in [-0.3, -0.25) is 0 Å². The number of thioether (sulfide) groups is 1. The quantitative estimate of drug-likeness (QED) is 0.533. The average molecular weight is 334 g/mol. The first-order valence-corrected chi connectivity index (χ1v) is 6.84. The molecule has 0 aliphatic rings. The van der Waals surface area contributed by atoms with E-state index in [0.29, 0.717) is 17.0 Å². The molecule has 0 atom stereocenters. The molecule has 6 heteroatoms. The van der Waals surface area contributed by atoms with E-state index in [2.05, 4.69) is 15.9 Å². The van der Waals surface area contributed by atoms with Crippen molar-refractivity contribution in [2.45, 2.75) is 23.2 Å². The van der Waals surface area contributed by atoms with Crippen molar-refractivity contribution in [3.63, 3.8) is 0 Å². The molecule has 0 fully saturated rings. The lowest BCUT2D eigenvalue weighted by molar-refractivity contribution is -0.0328. The van der Waals surface area contributed by atoms with E-state index in [1.165, 1.54) is 12.1 Å². The van der Waals surface area contributed by atoms with Crippen molar-refractivity contribution in [1.82, 2.24) is 0 Å². The lowest BCUT2D eigenvalue weighted by atomic mass is 10.1. The van der Waals surface area contributed by atoms with Gasteiger partial charge in [0.1, 0.15) is 0 Å². The van der Waals surface area contributed by atoms with Gasteiger partial charge in [0.25, 0.3) is 0 Å². The smallest absolute Gasteiger partial charge is 0.160 e. The molecule has 0 heterocycles. The van der Waals surface area contributed by atoms with Crippen molar-refractivity contribution in [2.24, 2.45) is 0 Å². The Morgan fingerprint density at radius 2 is 2.00 bits per heavy atom. The van der Waals surface area contributed by atoms with Gasteiger partial charge >= 0.3 is 5.51 Å². The van der Waals surface area contributed by atoms with Crippen molar-refractivity contribution >= 4 is 39.3 Å². The Morgan fingerprint density at radius 3 is 2.56 bits per heavy atom. The number of hydrogen-bond donors (Lipinski definition) is 0. The molecule has 1 aromatic rings. The zero-order valence-corrected chi connectivity index (χ0v) is 11.3. The SMILES string of the molecule is FC(F)(F)Sc1ccc(Cl)cc1CCCBr. The van der Waals surface area contributed by atoms with Gasteiger partial charge < -0.3 is 0 Å². The molecule has 0 bridgehead atoms. The summed E-state index contributed by atoms with van der Waals surface area (Å²) < 4.78 is 36.8. The second kappa shape index (κ2) is 6.17. The first-order valence-electron chi connectivity index (χ1n) is 4.52. The fourth-order valence-corrected chi connectivity index (χ4v) is 2.38. The summed E-state index contributed by atoms with van der Waals surface area (Å²) in [6.45, 7) is 0. The van der Waals surface area contributed by atoms with E-state index in [1.54, 1.807) is 6.07 Å². The van der Waals surface area contributed by atoms with Gasteiger partial charge in [-0.25, -0.2) is 0 Å². The highest BCUT2D eigenvalue weighted by atomic mass is 79.9. The van der Waals surface area contributed by atoms with Gasteiger partial charge in [-0.15, -0.1) is 0 Å². The third-order valence-electron chi connectivity index (χ3n) is 1.83. The highest BCUT2D eigenvalue weighted by Gasteiger charge is 2.30. The minimum Gasteiger partial charge on any atom is -0.160 e. The fourth-order valence-electron chi connectivity index (χ4n) is 1.22. The summed E-state index contributed by atoms with van der Waals surface area (Å²) in [4.78, 5) is 0.234. The third kappa shape index (κ3) is 4.97. The minimum absolute atomic E-state index is 0.0874. The van der Waals surface area contributed by atoms with Crippen LogP contribution in [0.2, 0.25) is 5.02 Å². The summed E-state index contributed by atoms with van der Waals surface area (Å²) in [5, 5.41) is 1.23. The van der Waals surface area contributed by atoms with E-state index in [-0.39, 0.29) is 16.7 Å². The van der Waals surface area contributed by atoms with Gasteiger partial charge in [0.15, 0.2) is 0 Å². The Balaban J connectivity index is 2.89. The molecule has 0 nitrogen and oxygen atoms in total. The van der Waals surface area contributed by atoms with Crippen molar-refractivity contribution < 1.29 is 13.2 Å². The third-order valence-corrected chi connectivity index (χ3v) is 3.47. The number of alkyl halides is 4. The first kappa shape index (κ1) is 14.2. The van der Waals surface area contributed by atoms with Crippen molar-refractivity contribution in [3.8, 4) is 0 Å². The Kier molecular flexibility index (Phi) is 5.47. The maximum Gasteiger partial charge on any atom is 0.446 e. The van der Waals surface area contributed by atoms with Crippen LogP contribution in [0.4, 0.5) is 13.2 Å². The van der Waals surface area contributed by atoms with Crippen LogP contribution in [0.1, 0.15) is 12.0 Å². The van der Waals surface area contributed by atoms with E-state index in [9.17, 15) is 13.2 Å². The molecule has 0 N–H and O–H groups in total. The van der Waals surface area contributed by atoms with Crippen LogP contribution in [-0.2, 0) is 6.42 Å². The molecule has 0 spiro atoms. The Hall–Kier alpha value is 0.130. The van der Waals surface area contributed by atoms with Crippen LogP contribution < -0.4 is 0 Å². The molecule has 1 rings (SSSR count). The number of benzene rings is 1. The van der Waals surface area contributed by atoms with Gasteiger partial charge in [-0.2, -0.15) is 13.2 Å². The number of aryl methyl sites for hydroxylation is 1. The minimum atomic E-state index is -4.25. The summed E-state index contributed by atoms with van der Waals surface area (Å²) in [5.74, 6) is 0. The largest absolute Gasteiger partial charge is 0.446 e. The molecular formula is C10H9BrClF3S. The predicted molar refractivity (Wildman–Crippen MR) is 65.5 cm³/mol. The number of rotatable bonds is 4. The fraction of sp³-hybridized carbons (Fsp3) is 0.400. The van der Waals surface area contributed by atoms with E-state index < -0.39 is 5.51 Å². The van der Waals surface area contributed by atoms with E-state index in [0.717, 1.165) is 11.8 Å². The molecule has 0 saturated heterocycles. The van der Waals surface area contributed by atoms with E-state index in [4.69, 9.17) is 11.6 Å². The standard InChI is InChI=1S/C10H9BrClF3S/c11-5-1-2-7-6-8(12)3-4-9(7)16-10(13,14)15/h3-4,6H,1-2,5H2. The molecule has 1 aromatic carbocycles. The zero-order valence-electron chi connectivity index (χ0n) is 8.15. The lowest BCUT2D eigenvalue weighted by Crippen LogP contribution is -2.01. The zero-order chi connectivity index (χ0) is 12.2. The molecule has 0 saturated carbocycles. The maximum absolute atomic E-state index is 12.3. The Bertz CT molecular complexity index is 354. The van der Waals surface area contributed by atoms with Crippen LogP contribution in [0.25, 0.3) is 0 Å². The van der Waals surface area contributed by atoms with Crippen molar-refractivity contribution in [2.75, 3.05) is 5.33 Å². The van der Waals surface area contributed by atoms with Gasteiger partial charge in [0.2, 0.25) is 0 Å². The average Bonchev–Trinajstić information content (AvgIpc) is 2.16. The van der Waals surface area contributed by atoms with Crippen molar-refractivity contribution in [1.29, 1.82) is 0 Å². The molecule has 90 valence electrons. The number of hydrogen-bond acceptors (Lipinski definition) is 1. The molecule has 0 unspecified atom stereocenters. The lowest BCUT2D eigenvalue weighted by Gasteiger charge is -2.11. The maximum atomic E-state index is 12.3. The van der Waals surface area contributed by atoms with Crippen LogP contribution in [-0.4, -0.2) is 10.8 Å². The van der Waals surface area contributed by atoms with E-state index in [1.807, 2.05) is 0 Å². The highest BCUT2D eigenvalue weighted by Crippen LogP contribution is 2.39. The monoisotopic (exact) mass is 332 g/mol. The topological polar surface area (TPSA) is 0 Å². The van der Waals surface area contributed by atoms with Crippen molar-refractivity contribution in [3.05, 3.63) is 28.8 Å². The summed E-state index contributed by atoms with van der Waals surface area (Å²) in [6.07, 6.45) is 1.37. The summed E-state index contributed by atoms with van der Waals surface area (Å²) in [6, 6.07) is 4.50. The van der Waals surface area contributed by atoms with Crippen LogP contribution in [0.3, 0.4) is 0 Å². The van der Waals surface area contributed by atoms with Gasteiger partial charge in [-0.05, 0) is 48.4 Å². The number of halogens is 5. The molecule has 0 radical (unpaired) electrons. The Labute approximate surface area is 110 Å². The van der Waals surface area contributed by atoms with Gasteiger partial charge in [0.05, 0.1) is 0 Å². The second-order valence-electron chi connectivity index (χ2n) is 3.09. The summed E-state index contributed by atoms with van der Waals surface area (Å²) >= 11 is 8.93. The molecule has 0 aromatic heterocycles. The summed E-state index contributed by atoms with van der Waals surface area (Å²) in [7, 11) is 0. The van der Waals surface area contributed by atoms with Crippen LogP contribution in [0.5, 0.6) is 0 Å². The molecule has 0 amide bonds.